The Balaban J connectivity index is 2.96. The molecule has 10 heavy (non-hydrogen) atoms. The van der Waals surface area contributed by atoms with E-state index in [1.165, 1.54) is 10.5 Å². The zero-order valence-corrected chi connectivity index (χ0v) is 7.38. The van der Waals surface area contributed by atoms with Crippen LogP contribution < -0.4 is 0 Å². The molecule has 0 spiro atoms. The second kappa shape index (κ2) is 3.89. The number of rotatable bonds is 2. The summed E-state index contributed by atoms with van der Waals surface area (Å²) in [5.74, 6) is 0.608. The van der Waals surface area contributed by atoms with Gasteiger partial charge in [0, 0.05) is 10.8 Å². The second-order valence-electron chi connectivity index (χ2n) is 1.95. The average Bonchev–Trinajstić information content (AvgIpc) is 2.04. The van der Waals surface area contributed by atoms with Gasteiger partial charge in [-0.05, 0) is 17.9 Å². The van der Waals surface area contributed by atoms with E-state index in [4.69, 9.17) is 11.6 Å². The van der Waals surface area contributed by atoms with Crippen molar-refractivity contribution in [3.8, 4) is 0 Å². The topological polar surface area (TPSA) is 0 Å². The van der Waals surface area contributed by atoms with Crippen LogP contribution in [0.3, 0.4) is 0 Å². The third kappa shape index (κ3) is 1.68. The van der Waals surface area contributed by atoms with Crippen molar-refractivity contribution < 1.29 is 0 Å². The van der Waals surface area contributed by atoms with E-state index in [0.29, 0.717) is 5.88 Å². The molecule has 0 bridgehead atoms. The lowest BCUT2D eigenvalue weighted by Crippen LogP contribution is -1.80. The van der Waals surface area contributed by atoms with Crippen LogP contribution in [-0.2, 0) is 5.88 Å². The lowest BCUT2D eigenvalue weighted by molar-refractivity contribution is 1.26. The fourth-order valence-corrected chi connectivity index (χ4v) is 1.74. The monoisotopic (exact) mass is 172 g/mol. The van der Waals surface area contributed by atoms with E-state index in [9.17, 15) is 0 Å². The number of thioether (sulfide) groups is 1. The molecule has 2 heteroatoms. The Bertz CT molecular complexity index is 187. The lowest BCUT2D eigenvalue weighted by Gasteiger charge is -2.00. The third-order valence-electron chi connectivity index (χ3n) is 1.34. The lowest BCUT2D eigenvalue weighted by atomic mass is 10.2. The minimum absolute atomic E-state index is 0.608. The van der Waals surface area contributed by atoms with Crippen LogP contribution >= 0.6 is 23.4 Å². The number of hydrogen-bond acceptors (Lipinski definition) is 1. The van der Waals surface area contributed by atoms with Gasteiger partial charge in [-0.1, -0.05) is 18.2 Å². The molecule has 0 radical (unpaired) electrons. The van der Waals surface area contributed by atoms with E-state index in [1.807, 2.05) is 12.1 Å². The normalized spacial score (nSPS) is 9.80. The molecule has 0 saturated heterocycles. The standard InChI is InChI=1S/C8H9ClS/c1-10-8-5-3-2-4-7(8)6-9/h2-5H,6H2,1H3. The predicted octanol–water partition coefficient (Wildman–Crippen LogP) is 3.15. The Kier molecular flexibility index (Phi) is 3.10. The molecule has 0 aliphatic heterocycles. The summed E-state index contributed by atoms with van der Waals surface area (Å²) in [5.41, 5.74) is 1.22. The summed E-state index contributed by atoms with van der Waals surface area (Å²) in [4.78, 5) is 1.28. The molecule has 0 nitrogen and oxygen atoms in total. The van der Waals surface area contributed by atoms with Gasteiger partial charge >= 0.3 is 0 Å². The van der Waals surface area contributed by atoms with Crippen LogP contribution in [0.15, 0.2) is 29.2 Å². The molecule has 0 aromatic heterocycles. The maximum absolute atomic E-state index is 5.70. The van der Waals surface area contributed by atoms with Crippen LogP contribution in [0, 0.1) is 0 Å². The van der Waals surface area contributed by atoms with Crippen LogP contribution in [0.2, 0.25) is 0 Å². The molecule has 0 N–H and O–H groups in total. The molecular formula is C8H9ClS. The Morgan fingerprint density at radius 2 is 2.10 bits per heavy atom. The molecular weight excluding hydrogens is 164 g/mol. The smallest absolute Gasteiger partial charge is 0.0485 e. The van der Waals surface area contributed by atoms with Gasteiger partial charge in [0.25, 0.3) is 0 Å². The van der Waals surface area contributed by atoms with Crippen molar-refractivity contribution in [2.75, 3.05) is 6.26 Å². The fourth-order valence-electron chi connectivity index (χ4n) is 0.813. The first-order chi connectivity index (χ1) is 4.88. The van der Waals surface area contributed by atoms with E-state index >= 15 is 0 Å². The van der Waals surface area contributed by atoms with E-state index < -0.39 is 0 Å². The Labute approximate surface area is 70.6 Å². The first-order valence-electron chi connectivity index (χ1n) is 3.06. The van der Waals surface area contributed by atoms with Crippen molar-refractivity contribution in [1.82, 2.24) is 0 Å². The number of hydrogen-bond donors (Lipinski definition) is 0. The molecule has 0 aliphatic carbocycles. The van der Waals surface area contributed by atoms with E-state index in [1.54, 1.807) is 11.8 Å². The molecule has 54 valence electrons. The first kappa shape index (κ1) is 7.96. The summed E-state index contributed by atoms with van der Waals surface area (Å²) in [5, 5.41) is 0. The van der Waals surface area contributed by atoms with Crippen molar-refractivity contribution in [1.29, 1.82) is 0 Å². The number of halogens is 1. The summed E-state index contributed by atoms with van der Waals surface area (Å²) >= 11 is 7.43. The van der Waals surface area contributed by atoms with E-state index in [-0.39, 0.29) is 0 Å². The summed E-state index contributed by atoms with van der Waals surface area (Å²) < 4.78 is 0. The number of benzene rings is 1. The van der Waals surface area contributed by atoms with Gasteiger partial charge in [0.15, 0.2) is 0 Å². The molecule has 0 unspecified atom stereocenters. The van der Waals surface area contributed by atoms with Crippen molar-refractivity contribution >= 4 is 23.4 Å². The van der Waals surface area contributed by atoms with Gasteiger partial charge < -0.3 is 0 Å². The third-order valence-corrected chi connectivity index (χ3v) is 2.46. The van der Waals surface area contributed by atoms with Crippen LogP contribution in [0.25, 0.3) is 0 Å². The molecule has 0 saturated carbocycles. The Morgan fingerprint density at radius 3 is 2.60 bits per heavy atom. The van der Waals surface area contributed by atoms with Crippen molar-refractivity contribution in [2.24, 2.45) is 0 Å². The highest BCUT2D eigenvalue weighted by Crippen LogP contribution is 2.20. The maximum Gasteiger partial charge on any atom is 0.0485 e. The highest BCUT2D eigenvalue weighted by atomic mass is 35.5. The highest BCUT2D eigenvalue weighted by molar-refractivity contribution is 7.98. The van der Waals surface area contributed by atoms with Crippen LogP contribution in [0.1, 0.15) is 5.56 Å². The average molecular weight is 173 g/mol. The highest BCUT2D eigenvalue weighted by Gasteiger charge is 1.95. The molecule has 1 rings (SSSR count). The summed E-state index contributed by atoms with van der Waals surface area (Å²) in [6, 6.07) is 8.18. The summed E-state index contributed by atoms with van der Waals surface area (Å²) in [7, 11) is 0. The minimum Gasteiger partial charge on any atom is -0.129 e. The zero-order chi connectivity index (χ0) is 7.40. The van der Waals surface area contributed by atoms with Gasteiger partial charge in [0.05, 0.1) is 0 Å². The maximum atomic E-state index is 5.70. The summed E-state index contributed by atoms with van der Waals surface area (Å²) in [6.45, 7) is 0. The second-order valence-corrected chi connectivity index (χ2v) is 3.06. The van der Waals surface area contributed by atoms with Crippen LogP contribution in [-0.4, -0.2) is 6.26 Å². The van der Waals surface area contributed by atoms with Crippen LogP contribution in [0.5, 0.6) is 0 Å². The fraction of sp³-hybridized carbons (Fsp3) is 0.250. The van der Waals surface area contributed by atoms with Crippen molar-refractivity contribution in [3.05, 3.63) is 29.8 Å². The van der Waals surface area contributed by atoms with Gasteiger partial charge in [0.2, 0.25) is 0 Å². The largest absolute Gasteiger partial charge is 0.129 e. The van der Waals surface area contributed by atoms with Crippen molar-refractivity contribution in [2.45, 2.75) is 10.8 Å². The molecule has 1 aromatic carbocycles. The van der Waals surface area contributed by atoms with Gasteiger partial charge in [-0.2, -0.15) is 0 Å². The van der Waals surface area contributed by atoms with Gasteiger partial charge in [-0.25, -0.2) is 0 Å². The quantitative estimate of drug-likeness (QED) is 0.488. The van der Waals surface area contributed by atoms with Gasteiger partial charge in [-0.15, -0.1) is 23.4 Å². The molecule has 0 atom stereocenters. The molecule has 0 amide bonds. The Hall–Kier alpha value is -0.140. The predicted molar refractivity (Wildman–Crippen MR) is 47.8 cm³/mol. The molecule has 1 aromatic rings. The SMILES string of the molecule is CSc1ccccc1CCl. The minimum atomic E-state index is 0.608. The van der Waals surface area contributed by atoms with Crippen LogP contribution in [0.4, 0.5) is 0 Å². The molecule has 0 heterocycles. The molecule has 0 aliphatic rings. The number of alkyl halides is 1. The summed E-state index contributed by atoms with van der Waals surface area (Å²) in [6.07, 6.45) is 2.06. The first-order valence-corrected chi connectivity index (χ1v) is 4.82. The van der Waals surface area contributed by atoms with E-state index in [2.05, 4.69) is 18.4 Å². The van der Waals surface area contributed by atoms with Crippen molar-refractivity contribution in [3.63, 3.8) is 0 Å². The zero-order valence-electron chi connectivity index (χ0n) is 5.80. The van der Waals surface area contributed by atoms with E-state index in [0.717, 1.165) is 0 Å². The molecule has 0 fully saturated rings. The Morgan fingerprint density at radius 1 is 1.40 bits per heavy atom. The van der Waals surface area contributed by atoms with Gasteiger partial charge in [0.1, 0.15) is 0 Å². The van der Waals surface area contributed by atoms with Gasteiger partial charge in [-0.3, -0.25) is 0 Å².